The van der Waals surface area contributed by atoms with Crippen LogP contribution in [0.5, 0.6) is 0 Å². The largest absolute Gasteiger partial charge is 0.369 e. The maximum atomic E-state index is 12.9. The lowest BCUT2D eigenvalue weighted by Crippen LogP contribution is -2.41. The molecule has 8 heteroatoms. The Hall–Kier alpha value is -2.61. The van der Waals surface area contributed by atoms with Crippen LogP contribution in [0, 0.1) is 5.92 Å². The van der Waals surface area contributed by atoms with Crippen molar-refractivity contribution in [3.8, 4) is 0 Å². The number of likely N-dealkylation sites (tertiary alicyclic amines) is 1. The number of carbonyl (C=O) groups excluding carboxylic acids is 2. The summed E-state index contributed by atoms with van der Waals surface area (Å²) in [5.74, 6) is -3.07. The van der Waals surface area contributed by atoms with Gasteiger partial charge in [-0.15, -0.1) is 0 Å². The molecule has 28 heavy (non-hydrogen) atoms. The van der Waals surface area contributed by atoms with Crippen molar-refractivity contribution in [3.05, 3.63) is 54.1 Å². The number of piperidine rings is 1. The third-order valence-electron chi connectivity index (χ3n) is 4.70. The molecule has 148 valence electrons. The summed E-state index contributed by atoms with van der Waals surface area (Å²) in [6.07, 6.45) is 1.14. The van der Waals surface area contributed by atoms with Crippen molar-refractivity contribution in [1.29, 1.82) is 0 Å². The van der Waals surface area contributed by atoms with E-state index in [1.54, 1.807) is 47.4 Å². The molecule has 0 unspecified atom stereocenters. The first-order valence-corrected chi connectivity index (χ1v) is 9.81. The first-order chi connectivity index (χ1) is 13.4. The van der Waals surface area contributed by atoms with Gasteiger partial charge < -0.3 is 16.0 Å². The van der Waals surface area contributed by atoms with Crippen LogP contribution in [0.3, 0.4) is 0 Å². The van der Waals surface area contributed by atoms with Crippen LogP contribution < -0.4 is 11.1 Å². The molecule has 0 spiro atoms. The average Bonchev–Trinajstić information content (AvgIpc) is 2.69. The SMILES string of the molecule is NC(=O)C1CCN(C(=O)c2ccccc2Nc2ccc(SC(F)F)cc2)CC1. The van der Waals surface area contributed by atoms with E-state index >= 15 is 0 Å². The Labute approximate surface area is 166 Å². The first kappa shape index (κ1) is 20.1. The van der Waals surface area contributed by atoms with Gasteiger partial charge in [-0.25, -0.2) is 0 Å². The van der Waals surface area contributed by atoms with E-state index in [9.17, 15) is 18.4 Å². The summed E-state index contributed by atoms with van der Waals surface area (Å²) in [5.41, 5.74) is 7.21. The minimum Gasteiger partial charge on any atom is -0.369 e. The predicted octanol–water partition coefficient (Wildman–Crippen LogP) is 4.08. The summed E-state index contributed by atoms with van der Waals surface area (Å²) in [6, 6.07) is 13.8. The number of nitrogens with two attached hydrogens (primary N) is 1. The van der Waals surface area contributed by atoms with Crippen molar-refractivity contribution >= 4 is 35.0 Å². The van der Waals surface area contributed by atoms with E-state index in [-0.39, 0.29) is 17.7 Å². The Morgan fingerprint density at radius 2 is 1.71 bits per heavy atom. The van der Waals surface area contributed by atoms with Gasteiger partial charge in [-0.2, -0.15) is 8.78 Å². The summed E-state index contributed by atoms with van der Waals surface area (Å²) in [7, 11) is 0. The van der Waals surface area contributed by atoms with E-state index in [2.05, 4.69) is 5.32 Å². The lowest BCUT2D eigenvalue weighted by molar-refractivity contribution is -0.123. The van der Waals surface area contributed by atoms with Gasteiger partial charge in [-0.05, 0) is 49.2 Å². The predicted molar refractivity (Wildman–Crippen MR) is 106 cm³/mol. The number of hydrogen-bond donors (Lipinski definition) is 2. The third-order valence-corrected chi connectivity index (χ3v) is 5.42. The van der Waals surface area contributed by atoms with Crippen LogP contribution in [0.4, 0.5) is 20.2 Å². The van der Waals surface area contributed by atoms with E-state index < -0.39 is 5.76 Å². The van der Waals surface area contributed by atoms with E-state index in [0.29, 0.717) is 59.5 Å². The zero-order valence-corrected chi connectivity index (χ0v) is 15.9. The van der Waals surface area contributed by atoms with Gasteiger partial charge in [0, 0.05) is 29.6 Å². The van der Waals surface area contributed by atoms with Crippen molar-refractivity contribution in [2.75, 3.05) is 18.4 Å². The van der Waals surface area contributed by atoms with Crippen LogP contribution in [0.25, 0.3) is 0 Å². The molecule has 3 N–H and O–H groups in total. The number of thioether (sulfide) groups is 1. The van der Waals surface area contributed by atoms with Crippen LogP contribution in [0.1, 0.15) is 23.2 Å². The second-order valence-electron chi connectivity index (χ2n) is 6.54. The van der Waals surface area contributed by atoms with Crippen molar-refractivity contribution in [1.82, 2.24) is 4.90 Å². The minimum absolute atomic E-state index is 0.115. The molecule has 3 rings (SSSR count). The molecular formula is C20H21F2N3O2S. The van der Waals surface area contributed by atoms with Gasteiger partial charge in [-0.1, -0.05) is 23.9 Å². The fraction of sp³-hybridized carbons (Fsp3) is 0.300. The summed E-state index contributed by atoms with van der Waals surface area (Å²) in [6.45, 7) is 0.973. The highest BCUT2D eigenvalue weighted by molar-refractivity contribution is 7.99. The Morgan fingerprint density at radius 3 is 2.32 bits per heavy atom. The normalized spacial score (nSPS) is 14.9. The fourth-order valence-electron chi connectivity index (χ4n) is 3.19. The van der Waals surface area contributed by atoms with Crippen LogP contribution in [-0.2, 0) is 4.79 Å². The second kappa shape index (κ2) is 9.05. The number of anilines is 2. The number of nitrogens with zero attached hydrogens (tertiary/aromatic N) is 1. The fourth-order valence-corrected chi connectivity index (χ4v) is 3.69. The van der Waals surface area contributed by atoms with Crippen molar-refractivity contribution in [3.63, 3.8) is 0 Å². The van der Waals surface area contributed by atoms with E-state index in [1.165, 1.54) is 0 Å². The zero-order valence-electron chi connectivity index (χ0n) is 15.1. The number of benzene rings is 2. The van der Waals surface area contributed by atoms with Gasteiger partial charge in [0.1, 0.15) is 0 Å². The molecular weight excluding hydrogens is 384 g/mol. The topological polar surface area (TPSA) is 75.4 Å². The molecule has 0 aliphatic carbocycles. The molecule has 0 saturated carbocycles. The summed E-state index contributed by atoms with van der Waals surface area (Å²) in [5, 5.41) is 3.18. The summed E-state index contributed by atoms with van der Waals surface area (Å²) >= 11 is 0.488. The molecule has 2 amide bonds. The molecule has 2 aromatic rings. The lowest BCUT2D eigenvalue weighted by Gasteiger charge is -2.31. The van der Waals surface area contributed by atoms with Crippen LogP contribution in [0.15, 0.2) is 53.4 Å². The molecule has 1 aliphatic rings. The maximum Gasteiger partial charge on any atom is 0.288 e. The van der Waals surface area contributed by atoms with Gasteiger partial charge in [0.25, 0.3) is 11.7 Å². The number of primary amides is 1. The average molecular weight is 405 g/mol. The number of carbonyl (C=O) groups is 2. The summed E-state index contributed by atoms with van der Waals surface area (Å²) < 4.78 is 24.9. The van der Waals surface area contributed by atoms with Crippen LogP contribution >= 0.6 is 11.8 Å². The Bertz CT molecular complexity index is 838. The molecule has 0 aromatic heterocycles. The van der Waals surface area contributed by atoms with Crippen molar-refractivity contribution < 1.29 is 18.4 Å². The molecule has 1 fully saturated rings. The van der Waals surface area contributed by atoms with Crippen molar-refractivity contribution in [2.45, 2.75) is 23.5 Å². The van der Waals surface area contributed by atoms with Crippen LogP contribution in [0.2, 0.25) is 0 Å². The standard InChI is InChI=1S/C20H21F2N3O2S/c21-20(22)28-15-7-5-14(6-8-15)24-17-4-2-1-3-16(17)19(27)25-11-9-13(10-12-25)18(23)26/h1-8,13,20,24H,9-12H2,(H2,23,26). The molecule has 1 saturated heterocycles. The first-order valence-electron chi connectivity index (χ1n) is 8.93. The summed E-state index contributed by atoms with van der Waals surface area (Å²) in [4.78, 5) is 26.5. The third kappa shape index (κ3) is 5.01. The van der Waals surface area contributed by atoms with Crippen molar-refractivity contribution in [2.24, 2.45) is 11.7 Å². The highest BCUT2D eigenvalue weighted by atomic mass is 32.2. The van der Waals surface area contributed by atoms with E-state index in [0.717, 1.165) is 0 Å². The van der Waals surface area contributed by atoms with E-state index in [1.807, 2.05) is 6.07 Å². The monoisotopic (exact) mass is 405 g/mol. The number of alkyl halides is 2. The lowest BCUT2D eigenvalue weighted by atomic mass is 9.95. The number of para-hydroxylation sites is 1. The smallest absolute Gasteiger partial charge is 0.288 e. The molecule has 0 radical (unpaired) electrons. The maximum absolute atomic E-state index is 12.9. The second-order valence-corrected chi connectivity index (χ2v) is 7.61. The molecule has 0 atom stereocenters. The quantitative estimate of drug-likeness (QED) is 0.710. The van der Waals surface area contributed by atoms with Crippen LogP contribution in [-0.4, -0.2) is 35.6 Å². The molecule has 0 bridgehead atoms. The zero-order chi connectivity index (χ0) is 20.1. The van der Waals surface area contributed by atoms with Gasteiger partial charge >= 0.3 is 0 Å². The Balaban J connectivity index is 1.71. The number of nitrogens with one attached hydrogen (secondary N) is 1. The van der Waals surface area contributed by atoms with Gasteiger partial charge in [-0.3, -0.25) is 9.59 Å². The molecule has 5 nitrogen and oxygen atoms in total. The number of amides is 2. The number of halogens is 2. The number of hydrogen-bond acceptors (Lipinski definition) is 4. The number of rotatable bonds is 6. The van der Waals surface area contributed by atoms with Gasteiger partial charge in [0.15, 0.2) is 0 Å². The Morgan fingerprint density at radius 1 is 1.07 bits per heavy atom. The van der Waals surface area contributed by atoms with Gasteiger partial charge in [0.2, 0.25) is 5.91 Å². The highest BCUT2D eigenvalue weighted by Crippen LogP contribution is 2.28. The van der Waals surface area contributed by atoms with E-state index in [4.69, 9.17) is 5.73 Å². The molecule has 1 aliphatic heterocycles. The minimum atomic E-state index is -2.46. The van der Waals surface area contributed by atoms with Gasteiger partial charge in [0.05, 0.1) is 11.3 Å². The Kier molecular flexibility index (Phi) is 6.51. The highest BCUT2D eigenvalue weighted by Gasteiger charge is 2.27. The molecule has 2 aromatic carbocycles. The molecule has 1 heterocycles.